The number of rotatable bonds is 3. The monoisotopic (exact) mass is 230 g/mol. The van der Waals surface area contributed by atoms with Crippen molar-refractivity contribution in [3.8, 4) is 0 Å². The molecule has 5 heteroatoms. The van der Waals surface area contributed by atoms with Crippen LogP contribution in [0.4, 0.5) is 0 Å². The molecule has 5 nitrogen and oxygen atoms in total. The quantitative estimate of drug-likeness (QED) is 0.825. The molecule has 17 heavy (non-hydrogen) atoms. The third kappa shape index (κ3) is 2.57. The van der Waals surface area contributed by atoms with E-state index >= 15 is 0 Å². The number of aromatic carboxylic acids is 1. The van der Waals surface area contributed by atoms with Crippen LogP contribution in [0, 0.1) is 0 Å². The van der Waals surface area contributed by atoms with Crippen molar-refractivity contribution in [2.75, 3.05) is 0 Å². The molecule has 0 fully saturated rings. The first-order valence-corrected chi connectivity index (χ1v) is 5.01. The first kappa shape index (κ1) is 11.1. The molecule has 0 radical (unpaired) electrons. The number of H-pyrrole nitrogens is 1. The van der Waals surface area contributed by atoms with Crippen LogP contribution in [0.15, 0.2) is 41.5 Å². The van der Waals surface area contributed by atoms with E-state index in [1.165, 1.54) is 12.3 Å². The molecule has 0 aliphatic rings. The molecular formula is C12H10N2O3. The second kappa shape index (κ2) is 4.61. The van der Waals surface area contributed by atoms with Gasteiger partial charge >= 0.3 is 5.97 Å². The molecule has 0 unspecified atom stereocenters. The summed E-state index contributed by atoms with van der Waals surface area (Å²) < 4.78 is 0. The van der Waals surface area contributed by atoms with Gasteiger partial charge in [-0.3, -0.25) is 9.78 Å². The highest BCUT2D eigenvalue weighted by atomic mass is 16.4. The van der Waals surface area contributed by atoms with Crippen LogP contribution >= 0.6 is 0 Å². The zero-order valence-electron chi connectivity index (χ0n) is 8.88. The van der Waals surface area contributed by atoms with Gasteiger partial charge in [0.25, 0.3) is 5.56 Å². The Bertz CT molecular complexity index is 590. The molecule has 2 rings (SSSR count). The summed E-state index contributed by atoms with van der Waals surface area (Å²) in [5.74, 6) is -1.07. The molecule has 0 saturated carbocycles. The fraction of sp³-hybridized carbons (Fsp3) is 0.0833. The maximum Gasteiger partial charge on any atom is 0.337 e. The minimum absolute atomic E-state index is 0.0653. The van der Waals surface area contributed by atoms with Crippen molar-refractivity contribution in [2.45, 2.75) is 6.42 Å². The van der Waals surface area contributed by atoms with Crippen LogP contribution in [-0.4, -0.2) is 21.0 Å². The lowest BCUT2D eigenvalue weighted by Gasteiger charge is -2.01. The van der Waals surface area contributed by atoms with Crippen molar-refractivity contribution in [1.82, 2.24) is 9.97 Å². The van der Waals surface area contributed by atoms with Gasteiger partial charge in [0.05, 0.1) is 5.56 Å². The van der Waals surface area contributed by atoms with Gasteiger partial charge in [0.1, 0.15) is 0 Å². The molecule has 2 N–H and O–H groups in total. The van der Waals surface area contributed by atoms with Crippen LogP contribution in [-0.2, 0) is 6.42 Å². The van der Waals surface area contributed by atoms with Crippen LogP contribution in [0.3, 0.4) is 0 Å². The number of carboxylic acid groups (broad SMARTS) is 1. The van der Waals surface area contributed by atoms with Crippen LogP contribution in [0.1, 0.15) is 21.6 Å². The number of aromatic amines is 1. The van der Waals surface area contributed by atoms with Crippen LogP contribution < -0.4 is 5.56 Å². The van der Waals surface area contributed by atoms with E-state index < -0.39 is 5.97 Å². The van der Waals surface area contributed by atoms with Gasteiger partial charge in [-0.15, -0.1) is 0 Å². The molecule has 0 atom stereocenters. The Morgan fingerprint density at radius 2 is 2.24 bits per heavy atom. The van der Waals surface area contributed by atoms with E-state index in [9.17, 15) is 9.59 Å². The van der Waals surface area contributed by atoms with E-state index in [4.69, 9.17) is 5.11 Å². The van der Waals surface area contributed by atoms with E-state index in [-0.39, 0.29) is 11.1 Å². The Morgan fingerprint density at radius 3 is 2.88 bits per heavy atom. The van der Waals surface area contributed by atoms with Crippen molar-refractivity contribution < 1.29 is 9.90 Å². The number of hydrogen-bond acceptors (Lipinski definition) is 3. The third-order valence-electron chi connectivity index (χ3n) is 2.32. The normalized spacial score (nSPS) is 10.1. The van der Waals surface area contributed by atoms with Crippen molar-refractivity contribution in [2.24, 2.45) is 0 Å². The Morgan fingerprint density at radius 1 is 1.41 bits per heavy atom. The zero-order valence-corrected chi connectivity index (χ0v) is 8.88. The van der Waals surface area contributed by atoms with Gasteiger partial charge in [-0.2, -0.15) is 0 Å². The molecule has 0 saturated heterocycles. The zero-order chi connectivity index (χ0) is 12.3. The predicted octanol–water partition coefficient (Wildman–Crippen LogP) is 1.06. The average molecular weight is 230 g/mol. The number of hydrogen-bond donors (Lipinski definition) is 2. The maximum atomic E-state index is 11.5. The highest BCUT2D eigenvalue weighted by Crippen LogP contribution is 2.04. The summed E-state index contributed by atoms with van der Waals surface area (Å²) in [5, 5.41) is 8.83. The van der Waals surface area contributed by atoms with Crippen LogP contribution in [0.25, 0.3) is 0 Å². The number of nitrogens with zero attached hydrogens (tertiary/aromatic N) is 1. The molecule has 0 amide bonds. The first-order valence-electron chi connectivity index (χ1n) is 5.01. The Kier molecular flexibility index (Phi) is 3.00. The predicted molar refractivity (Wildman–Crippen MR) is 61.1 cm³/mol. The SMILES string of the molecule is O=C(O)c1c[nH]c(=O)c(Cc2ccccn2)c1. The van der Waals surface area contributed by atoms with Crippen molar-refractivity contribution >= 4 is 5.97 Å². The Labute approximate surface area is 96.8 Å². The molecular weight excluding hydrogens is 220 g/mol. The molecule has 86 valence electrons. The van der Waals surface area contributed by atoms with E-state index in [0.29, 0.717) is 12.0 Å². The summed E-state index contributed by atoms with van der Waals surface area (Å²) in [6.45, 7) is 0. The summed E-state index contributed by atoms with van der Waals surface area (Å²) in [6.07, 6.45) is 3.13. The van der Waals surface area contributed by atoms with Gasteiger partial charge in [-0.05, 0) is 18.2 Å². The van der Waals surface area contributed by atoms with Crippen LogP contribution in [0.5, 0.6) is 0 Å². The molecule has 0 aromatic carbocycles. The summed E-state index contributed by atoms with van der Waals surface area (Å²) in [6, 6.07) is 6.75. The molecule has 0 aliphatic carbocycles. The molecule has 2 aromatic heterocycles. The lowest BCUT2D eigenvalue weighted by atomic mass is 10.1. The van der Waals surface area contributed by atoms with E-state index in [0.717, 1.165) is 5.69 Å². The highest BCUT2D eigenvalue weighted by Gasteiger charge is 2.08. The number of nitrogens with one attached hydrogen (secondary N) is 1. The van der Waals surface area contributed by atoms with Crippen LogP contribution in [0.2, 0.25) is 0 Å². The second-order valence-corrected chi connectivity index (χ2v) is 3.55. The maximum absolute atomic E-state index is 11.5. The topological polar surface area (TPSA) is 83.0 Å². The standard InChI is InChI=1S/C12H10N2O3/c15-11-8(5-9(7-14-11)12(16)17)6-10-3-1-2-4-13-10/h1-5,7H,6H2,(H,14,15)(H,16,17). The number of aromatic nitrogens is 2. The Balaban J connectivity index is 2.36. The lowest BCUT2D eigenvalue weighted by Crippen LogP contribution is -2.15. The summed E-state index contributed by atoms with van der Waals surface area (Å²) in [7, 11) is 0. The highest BCUT2D eigenvalue weighted by molar-refractivity contribution is 5.87. The van der Waals surface area contributed by atoms with Crippen molar-refractivity contribution in [3.05, 3.63) is 63.8 Å². The molecule has 0 bridgehead atoms. The summed E-state index contributed by atoms with van der Waals surface area (Å²) >= 11 is 0. The Hall–Kier alpha value is -2.43. The molecule has 2 aromatic rings. The van der Waals surface area contributed by atoms with Gasteiger partial charge in [0, 0.05) is 30.1 Å². The second-order valence-electron chi connectivity index (χ2n) is 3.55. The average Bonchev–Trinajstić information content (AvgIpc) is 2.33. The van der Waals surface area contributed by atoms with E-state index in [1.807, 2.05) is 6.07 Å². The minimum Gasteiger partial charge on any atom is -0.478 e. The number of carbonyl (C=O) groups is 1. The van der Waals surface area contributed by atoms with Gasteiger partial charge in [0.15, 0.2) is 0 Å². The van der Waals surface area contributed by atoms with E-state index in [1.54, 1.807) is 18.3 Å². The molecule has 0 spiro atoms. The van der Waals surface area contributed by atoms with Crippen molar-refractivity contribution in [1.29, 1.82) is 0 Å². The molecule has 0 aliphatic heterocycles. The van der Waals surface area contributed by atoms with E-state index in [2.05, 4.69) is 9.97 Å². The number of pyridine rings is 2. The fourth-order valence-corrected chi connectivity index (χ4v) is 1.48. The third-order valence-corrected chi connectivity index (χ3v) is 2.32. The first-order chi connectivity index (χ1) is 8.16. The van der Waals surface area contributed by atoms with Gasteiger partial charge < -0.3 is 10.1 Å². The number of carboxylic acids is 1. The largest absolute Gasteiger partial charge is 0.478 e. The van der Waals surface area contributed by atoms with Gasteiger partial charge in [-0.25, -0.2) is 4.79 Å². The van der Waals surface area contributed by atoms with Gasteiger partial charge in [0.2, 0.25) is 0 Å². The summed E-state index contributed by atoms with van der Waals surface area (Å²) in [5.41, 5.74) is 0.889. The van der Waals surface area contributed by atoms with Gasteiger partial charge in [-0.1, -0.05) is 6.07 Å². The fourth-order valence-electron chi connectivity index (χ4n) is 1.48. The van der Waals surface area contributed by atoms with Crippen molar-refractivity contribution in [3.63, 3.8) is 0 Å². The summed E-state index contributed by atoms with van der Waals surface area (Å²) in [4.78, 5) is 28.8. The molecule has 2 heterocycles. The minimum atomic E-state index is -1.07. The lowest BCUT2D eigenvalue weighted by molar-refractivity contribution is 0.0696. The smallest absolute Gasteiger partial charge is 0.337 e.